The largest absolute Gasteiger partial charge is 0.573 e. The summed E-state index contributed by atoms with van der Waals surface area (Å²) in [4.78, 5) is 11.9. The van der Waals surface area contributed by atoms with E-state index in [1.807, 2.05) is 0 Å². The SMILES string of the molecule is N#CCc1cc([N+](=O)[O-])nc(F)c1OC(F)(F)F. The van der Waals surface area contributed by atoms with Crippen molar-refractivity contribution in [2.45, 2.75) is 12.8 Å². The van der Waals surface area contributed by atoms with E-state index in [1.54, 1.807) is 0 Å². The minimum Gasteiger partial charge on any atom is -0.398 e. The summed E-state index contributed by atoms with van der Waals surface area (Å²) in [5.41, 5.74) is -0.603. The van der Waals surface area contributed by atoms with Gasteiger partial charge >= 0.3 is 18.1 Å². The van der Waals surface area contributed by atoms with Gasteiger partial charge in [0, 0.05) is 11.6 Å². The lowest BCUT2D eigenvalue weighted by Gasteiger charge is -2.10. The quantitative estimate of drug-likeness (QED) is 0.361. The molecule has 0 amide bonds. The maximum atomic E-state index is 13.2. The molecule has 0 aliphatic heterocycles. The highest BCUT2D eigenvalue weighted by atomic mass is 19.4. The predicted octanol–water partition coefficient (Wildman–Crippen LogP) is 2.09. The van der Waals surface area contributed by atoms with Gasteiger partial charge in [0.15, 0.2) is 0 Å². The third-order valence-corrected chi connectivity index (χ3v) is 1.67. The molecule has 0 unspecified atom stereocenters. The van der Waals surface area contributed by atoms with E-state index >= 15 is 0 Å². The summed E-state index contributed by atoms with van der Waals surface area (Å²) in [7, 11) is 0. The molecule has 1 aromatic rings. The number of aromatic nitrogens is 1. The Balaban J connectivity index is 3.32. The van der Waals surface area contributed by atoms with Crippen LogP contribution in [-0.2, 0) is 6.42 Å². The Bertz CT molecular complexity index is 524. The molecule has 6 nitrogen and oxygen atoms in total. The zero-order valence-corrected chi connectivity index (χ0v) is 8.36. The van der Waals surface area contributed by atoms with Crippen LogP contribution in [0, 0.1) is 27.4 Å². The number of halogens is 4. The van der Waals surface area contributed by atoms with Crippen molar-refractivity contribution in [3.8, 4) is 11.8 Å². The van der Waals surface area contributed by atoms with Gasteiger partial charge in [-0.2, -0.15) is 9.65 Å². The van der Waals surface area contributed by atoms with Gasteiger partial charge < -0.3 is 14.9 Å². The summed E-state index contributed by atoms with van der Waals surface area (Å²) in [6.07, 6.45) is -5.88. The maximum absolute atomic E-state index is 13.2. The second-order valence-electron chi connectivity index (χ2n) is 2.90. The Morgan fingerprint density at radius 3 is 2.61 bits per heavy atom. The molecule has 0 saturated heterocycles. The summed E-state index contributed by atoms with van der Waals surface area (Å²) in [5, 5.41) is 18.7. The second kappa shape index (κ2) is 4.82. The van der Waals surface area contributed by atoms with Gasteiger partial charge in [-0.15, -0.1) is 13.2 Å². The first-order valence-electron chi connectivity index (χ1n) is 4.21. The fourth-order valence-corrected chi connectivity index (χ4v) is 1.07. The second-order valence-corrected chi connectivity index (χ2v) is 2.90. The zero-order chi connectivity index (χ0) is 13.9. The minimum atomic E-state index is -5.19. The summed E-state index contributed by atoms with van der Waals surface area (Å²) in [6, 6.07) is 1.99. The van der Waals surface area contributed by atoms with E-state index in [-0.39, 0.29) is 0 Å². The Labute approximate surface area is 96.6 Å². The molecule has 1 heterocycles. The Hall–Kier alpha value is -2.44. The highest BCUT2D eigenvalue weighted by molar-refractivity contribution is 5.40. The Morgan fingerprint density at radius 1 is 1.56 bits per heavy atom. The van der Waals surface area contributed by atoms with Crippen LogP contribution in [0.2, 0.25) is 0 Å². The fourth-order valence-electron chi connectivity index (χ4n) is 1.07. The molecule has 0 atom stereocenters. The normalized spacial score (nSPS) is 10.8. The highest BCUT2D eigenvalue weighted by Crippen LogP contribution is 2.30. The number of hydrogen-bond donors (Lipinski definition) is 0. The average Bonchev–Trinajstić information content (AvgIpc) is 2.21. The van der Waals surface area contributed by atoms with Gasteiger partial charge in [0.1, 0.15) is 0 Å². The van der Waals surface area contributed by atoms with Crippen molar-refractivity contribution in [3.05, 3.63) is 27.7 Å². The number of ether oxygens (including phenoxy) is 1. The molecule has 0 aliphatic carbocycles. The van der Waals surface area contributed by atoms with Crippen LogP contribution >= 0.6 is 0 Å². The summed E-state index contributed by atoms with van der Waals surface area (Å²) >= 11 is 0. The number of pyridine rings is 1. The molecule has 0 spiro atoms. The van der Waals surface area contributed by atoms with E-state index in [1.165, 1.54) is 6.07 Å². The fraction of sp³-hybridized carbons (Fsp3) is 0.250. The molecule has 1 aromatic heterocycles. The third-order valence-electron chi connectivity index (χ3n) is 1.67. The number of rotatable bonds is 3. The number of alkyl halides is 3. The van der Waals surface area contributed by atoms with Gasteiger partial charge in [0.05, 0.1) is 12.5 Å². The van der Waals surface area contributed by atoms with Crippen molar-refractivity contribution in [2.75, 3.05) is 0 Å². The molecular weight excluding hydrogens is 262 g/mol. The molecule has 0 saturated carbocycles. The van der Waals surface area contributed by atoms with E-state index < -0.39 is 40.8 Å². The molecule has 1 rings (SSSR count). The van der Waals surface area contributed by atoms with E-state index in [4.69, 9.17) is 5.26 Å². The van der Waals surface area contributed by atoms with E-state index in [0.29, 0.717) is 6.07 Å². The molecule has 0 aromatic carbocycles. The van der Waals surface area contributed by atoms with Gasteiger partial charge in [0.2, 0.25) is 5.75 Å². The zero-order valence-electron chi connectivity index (χ0n) is 8.36. The molecule has 10 heteroatoms. The van der Waals surface area contributed by atoms with Crippen LogP contribution in [0.4, 0.5) is 23.4 Å². The van der Waals surface area contributed by atoms with Crippen molar-refractivity contribution in [1.82, 2.24) is 4.98 Å². The average molecular weight is 265 g/mol. The van der Waals surface area contributed by atoms with Gasteiger partial charge in [-0.1, -0.05) is 0 Å². The van der Waals surface area contributed by atoms with Crippen molar-refractivity contribution >= 4 is 5.82 Å². The monoisotopic (exact) mass is 265 g/mol. The first kappa shape index (κ1) is 13.6. The van der Waals surface area contributed by atoms with Crippen LogP contribution < -0.4 is 4.74 Å². The first-order chi connectivity index (χ1) is 8.24. The number of nitrogens with zero attached hydrogens (tertiary/aromatic N) is 3. The van der Waals surface area contributed by atoms with Crippen LogP contribution in [0.5, 0.6) is 5.75 Å². The predicted molar refractivity (Wildman–Crippen MR) is 46.8 cm³/mol. The lowest BCUT2D eigenvalue weighted by atomic mass is 10.2. The number of nitro groups is 1. The molecule has 0 radical (unpaired) electrons. The smallest absolute Gasteiger partial charge is 0.398 e. The van der Waals surface area contributed by atoms with Crippen molar-refractivity contribution in [1.29, 1.82) is 5.26 Å². The maximum Gasteiger partial charge on any atom is 0.573 e. The van der Waals surface area contributed by atoms with E-state index in [2.05, 4.69) is 9.72 Å². The summed E-state index contributed by atoms with van der Waals surface area (Å²) < 4.78 is 52.4. The van der Waals surface area contributed by atoms with Crippen LogP contribution in [0.15, 0.2) is 6.07 Å². The van der Waals surface area contributed by atoms with Gasteiger partial charge in [-0.3, -0.25) is 0 Å². The lowest BCUT2D eigenvalue weighted by molar-refractivity contribution is -0.390. The topological polar surface area (TPSA) is 89.0 Å². The molecule has 96 valence electrons. The van der Waals surface area contributed by atoms with Crippen molar-refractivity contribution < 1.29 is 27.2 Å². The van der Waals surface area contributed by atoms with Crippen LogP contribution in [-0.4, -0.2) is 16.3 Å². The lowest BCUT2D eigenvalue weighted by Crippen LogP contribution is -2.19. The molecule has 0 N–H and O–H groups in total. The minimum absolute atomic E-state index is 0.549. The number of nitriles is 1. The highest BCUT2D eigenvalue weighted by Gasteiger charge is 2.36. The van der Waals surface area contributed by atoms with Crippen molar-refractivity contribution in [2.24, 2.45) is 0 Å². The van der Waals surface area contributed by atoms with Gasteiger partial charge in [-0.05, 0) is 9.91 Å². The first-order valence-corrected chi connectivity index (χ1v) is 4.21. The summed E-state index contributed by atoms with van der Waals surface area (Å²) in [6.45, 7) is 0. The van der Waals surface area contributed by atoms with E-state index in [9.17, 15) is 27.7 Å². The van der Waals surface area contributed by atoms with Gasteiger partial charge in [-0.25, -0.2) is 0 Å². The Morgan fingerprint density at radius 2 is 2.17 bits per heavy atom. The standard InChI is InChI=1S/C8H3F4N3O3/c9-7-6(18-8(10,11)12)4(1-2-13)3-5(14-7)15(16)17/h3H,1H2. The molecule has 0 bridgehead atoms. The van der Waals surface area contributed by atoms with E-state index in [0.717, 1.165) is 0 Å². The van der Waals surface area contributed by atoms with Crippen LogP contribution in [0.25, 0.3) is 0 Å². The molecular formula is C8H3F4N3O3. The Kier molecular flexibility index (Phi) is 3.65. The van der Waals surface area contributed by atoms with Crippen molar-refractivity contribution in [3.63, 3.8) is 0 Å². The third kappa shape index (κ3) is 3.27. The van der Waals surface area contributed by atoms with Gasteiger partial charge in [0.25, 0.3) is 0 Å². The van der Waals surface area contributed by atoms with Crippen LogP contribution in [0.1, 0.15) is 5.56 Å². The van der Waals surface area contributed by atoms with Crippen LogP contribution in [0.3, 0.4) is 0 Å². The molecule has 18 heavy (non-hydrogen) atoms. The molecule has 0 fully saturated rings. The number of hydrogen-bond acceptors (Lipinski definition) is 5. The summed E-state index contributed by atoms with van der Waals surface area (Å²) in [5.74, 6) is -4.14. The molecule has 0 aliphatic rings.